The molecule has 0 aliphatic carbocycles. The lowest BCUT2D eigenvalue weighted by Crippen LogP contribution is -2.14. The molecule has 1 atom stereocenters. The van der Waals surface area contributed by atoms with Crippen LogP contribution in [0.4, 0.5) is 5.69 Å². The third kappa shape index (κ3) is 2.72. The van der Waals surface area contributed by atoms with Crippen molar-refractivity contribution in [3.05, 3.63) is 23.3 Å². The second kappa shape index (κ2) is 5.41. The topological polar surface area (TPSA) is 30.5 Å². The van der Waals surface area contributed by atoms with Crippen LogP contribution in [0.15, 0.2) is 12.1 Å². The van der Waals surface area contributed by atoms with Crippen molar-refractivity contribution in [1.82, 2.24) is 0 Å². The van der Waals surface area contributed by atoms with E-state index in [1.807, 2.05) is 0 Å². The predicted octanol–water partition coefficient (Wildman–Crippen LogP) is 2.76. The predicted molar refractivity (Wildman–Crippen MR) is 69.9 cm³/mol. The summed E-state index contributed by atoms with van der Waals surface area (Å²) in [5, 5.41) is 3.50. The molecule has 94 valence electrons. The number of methoxy groups -OCH3 is 1. The summed E-state index contributed by atoms with van der Waals surface area (Å²) in [6.45, 7) is 6.93. The molecule has 3 nitrogen and oxygen atoms in total. The average molecular weight is 235 g/mol. The zero-order valence-corrected chi connectivity index (χ0v) is 10.9. The highest BCUT2D eigenvalue weighted by Gasteiger charge is 2.16. The molecule has 0 saturated carbocycles. The van der Waals surface area contributed by atoms with Crippen molar-refractivity contribution in [2.24, 2.45) is 5.92 Å². The van der Waals surface area contributed by atoms with Crippen molar-refractivity contribution in [2.45, 2.75) is 20.3 Å². The molecule has 1 aliphatic rings. The van der Waals surface area contributed by atoms with E-state index in [9.17, 15) is 0 Å². The Morgan fingerprint density at radius 3 is 2.88 bits per heavy atom. The summed E-state index contributed by atoms with van der Waals surface area (Å²) in [6.07, 6.45) is 1.16. The third-order valence-electron chi connectivity index (χ3n) is 3.41. The first-order valence-corrected chi connectivity index (χ1v) is 6.18. The molecule has 17 heavy (non-hydrogen) atoms. The van der Waals surface area contributed by atoms with Gasteiger partial charge in [-0.15, -0.1) is 0 Å². The Hall–Kier alpha value is -1.22. The van der Waals surface area contributed by atoms with Gasteiger partial charge >= 0.3 is 0 Å². The van der Waals surface area contributed by atoms with E-state index in [0.29, 0.717) is 5.92 Å². The van der Waals surface area contributed by atoms with Gasteiger partial charge in [0.1, 0.15) is 5.75 Å². The van der Waals surface area contributed by atoms with Gasteiger partial charge in [0.2, 0.25) is 0 Å². The maximum Gasteiger partial charge on any atom is 0.126 e. The van der Waals surface area contributed by atoms with Gasteiger partial charge in [-0.05, 0) is 31.9 Å². The first kappa shape index (κ1) is 12.2. The largest absolute Gasteiger partial charge is 0.496 e. The molecule has 0 spiro atoms. The van der Waals surface area contributed by atoms with Gasteiger partial charge in [0.25, 0.3) is 0 Å². The van der Waals surface area contributed by atoms with Crippen LogP contribution in [0, 0.1) is 19.8 Å². The van der Waals surface area contributed by atoms with Gasteiger partial charge in [0.05, 0.1) is 13.7 Å². The van der Waals surface area contributed by atoms with Gasteiger partial charge in [-0.3, -0.25) is 0 Å². The van der Waals surface area contributed by atoms with E-state index >= 15 is 0 Å². The number of aryl methyl sites for hydroxylation is 1. The number of anilines is 1. The number of benzene rings is 1. The summed E-state index contributed by atoms with van der Waals surface area (Å²) in [5.41, 5.74) is 3.53. The van der Waals surface area contributed by atoms with Crippen LogP contribution in [0.1, 0.15) is 17.5 Å². The quantitative estimate of drug-likeness (QED) is 0.870. The summed E-state index contributed by atoms with van der Waals surface area (Å²) in [4.78, 5) is 0. The average Bonchev–Trinajstić information content (AvgIpc) is 2.82. The van der Waals surface area contributed by atoms with Gasteiger partial charge in [-0.25, -0.2) is 0 Å². The van der Waals surface area contributed by atoms with Crippen LogP contribution in [-0.4, -0.2) is 26.9 Å². The molecule has 0 bridgehead atoms. The van der Waals surface area contributed by atoms with E-state index in [2.05, 4.69) is 31.3 Å². The number of ether oxygens (including phenoxy) is 2. The first-order chi connectivity index (χ1) is 8.22. The number of rotatable bonds is 4. The van der Waals surface area contributed by atoms with Crippen LogP contribution in [0.25, 0.3) is 0 Å². The van der Waals surface area contributed by atoms with E-state index in [4.69, 9.17) is 9.47 Å². The van der Waals surface area contributed by atoms with Crippen molar-refractivity contribution in [3.8, 4) is 5.75 Å². The minimum absolute atomic E-state index is 0.640. The summed E-state index contributed by atoms with van der Waals surface area (Å²) in [7, 11) is 1.73. The summed E-state index contributed by atoms with van der Waals surface area (Å²) < 4.78 is 10.8. The maximum absolute atomic E-state index is 5.42. The second-order valence-electron chi connectivity index (χ2n) is 4.70. The molecule has 1 aliphatic heterocycles. The van der Waals surface area contributed by atoms with E-state index in [-0.39, 0.29) is 0 Å². The fourth-order valence-electron chi connectivity index (χ4n) is 2.33. The van der Waals surface area contributed by atoms with Crippen molar-refractivity contribution < 1.29 is 9.47 Å². The van der Waals surface area contributed by atoms with E-state index in [1.54, 1.807) is 7.11 Å². The van der Waals surface area contributed by atoms with E-state index in [0.717, 1.165) is 31.9 Å². The molecule has 1 fully saturated rings. The number of hydrogen-bond donors (Lipinski definition) is 1. The Bertz CT molecular complexity index is 384. The Balaban J connectivity index is 2.05. The number of hydrogen-bond acceptors (Lipinski definition) is 3. The molecule has 2 rings (SSSR count). The highest BCUT2D eigenvalue weighted by molar-refractivity contribution is 5.59. The van der Waals surface area contributed by atoms with Gasteiger partial charge in [-0.2, -0.15) is 0 Å². The van der Waals surface area contributed by atoms with Crippen LogP contribution in [0.2, 0.25) is 0 Å². The standard InChI is InChI=1S/C14H21NO2/c1-10-4-5-13(11(2)14(10)16-3)15-8-12-6-7-17-9-12/h4-5,12,15H,6-9H2,1-3H3. The lowest BCUT2D eigenvalue weighted by atomic mass is 10.1. The Kier molecular flexibility index (Phi) is 3.89. The lowest BCUT2D eigenvalue weighted by Gasteiger charge is -2.16. The summed E-state index contributed by atoms with van der Waals surface area (Å²) in [5.74, 6) is 1.62. The monoisotopic (exact) mass is 235 g/mol. The molecule has 1 aromatic carbocycles. The Labute approximate surface area is 103 Å². The molecule has 0 aromatic heterocycles. The maximum atomic E-state index is 5.42. The SMILES string of the molecule is COc1c(C)ccc(NCC2CCOC2)c1C. The zero-order valence-electron chi connectivity index (χ0n) is 10.9. The zero-order chi connectivity index (χ0) is 12.3. The van der Waals surface area contributed by atoms with Crippen molar-refractivity contribution in [2.75, 3.05) is 32.2 Å². The third-order valence-corrected chi connectivity index (χ3v) is 3.41. The van der Waals surface area contributed by atoms with Gasteiger partial charge < -0.3 is 14.8 Å². The molecule has 0 radical (unpaired) electrons. The van der Waals surface area contributed by atoms with Crippen LogP contribution in [0.3, 0.4) is 0 Å². The molecule has 3 heteroatoms. The van der Waals surface area contributed by atoms with Crippen molar-refractivity contribution in [3.63, 3.8) is 0 Å². The van der Waals surface area contributed by atoms with E-state index in [1.165, 1.54) is 16.8 Å². The Morgan fingerprint density at radius 1 is 1.41 bits per heavy atom. The minimum atomic E-state index is 0.640. The van der Waals surface area contributed by atoms with E-state index < -0.39 is 0 Å². The van der Waals surface area contributed by atoms with Gasteiger partial charge in [0.15, 0.2) is 0 Å². The molecular weight excluding hydrogens is 214 g/mol. The highest BCUT2D eigenvalue weighted by Crippen LogP contribution is 2.29. The van der Waals surface area contributed by atoms with Crippen LogP contribution >= 0.6 is 0 Å². The smallest absolute Gasteiger partial charge is 0.126 e. The fraction of sp³-hybridized carbons (Fsp3) is 0.571. The Morgan fingerprint density at radius 2 is 2.24 bits per heavy atom. The minimum Gasteiger partial charge on any atom is -0.496 e. The molecule has 1 saturated heterocycles. The van der Waals surface area contributed by atoms with Crippen molar-refractivity contribution >= 4 is 5.69 Å². The highest BCUT2D eigenvalue weighted by atomic mass is 16.5. The van der Waals surface area contributed by atoms with Crippen LogP contribution in [0.5, 0.6) is 5.75 Å². The molecule has 1 N–H and O–H groups in total. The molecule has 1 heterocycles. The van der Waals surface area contributed by atoms with Crippen molar-refractivity contribution in [1.29, 1.82) is 0 Å². The summed E-state index contributed by atoms with van der Waals surface area (Å²) in [6, 6.07) is 4.22. The summed E-state index contributed by atoms with van der Waals surface area (Å²) >= 11 is 0. The fourth-order valence-corrected chi connectivity index (χ4v) is 2.33. The molecule has 0 amide bonds. The molecular formula is C14H21NO2. The normalized spacial score (nSPS) is 19.4. The lowest BCUT2D eigenvalue weighted by molar-refractivity contribution is 0.187. The first-order valence-electron chi connectivity index (χ1n) is 6.18. The molecule has 1 unspecified atom stereocenters. The van der Waals surface area contributed by atoms with Gasteiger partial charge in [0, 0.05) is 30.3 Å². The van der Waals surface area contributed by atoms with Crippen LogP contribution in [-0.2, 0) is 4.74 Å². The second-order valence-corrected chi connectivity index (χ2v) is 4.70. The van der Waals surface area contributed by atoms with Gasteiger partial charge in [-0.1, -0.05) is 6.07 Å². The van der Waals surface area contributed by atoms with Crippen LogP contribution < -0.4 is 10.1 Å². The number of nitrogens with one attached hydrogen (secondary N) is 1. The molecule has 1 aromatic rings.